The van der Waals surface area contributed by atoms with Crippen molar-refractivity contribution < 1.29 is 4.79 Å². The summed E-state index contributed by atoms with van der Waals surface area (Å²) in [5.41, 5.74) is 0. The summed E-state index contributed by atoms with van der Waals surface area (Å²) >= 11 is 0. The summed E-state index contributed by atoms with van der Waals surface area (Å²) < 4.78 is 0. The average Bonchev–Trinajstić information content (AvgIpc) is 2.69. The molecule has 2 rings (SSSR count). The molecule has 18 heavy (non-hydrogen) atoms. The number of hydrogen-bond donors (Lipinski definition) is 1. The minimum atomic E-state index is 0.0136. The highest BCUT2D eigenvalue weighted by Crippen LogP contribution is 2.24. The molecule has 1 aliphatic carbocycles. The van der Waals surface area contributed by atoms with E-state index in [1.165, 1.54) is 12.8 Å². The third-order valence-corrected chi connectivity index (χ3v) is 4.41. The Labute approximate surface area is 111 Å². The maximum Gasteiger partial charge on any atom is 0.240 e. The molecule has 1 amide bonds. The van der Waals surface area contributed by atoms with Crippen LogP contribution in [0.2, 0.25) is 0 Å². The predicted molar refractivity (Wildman–Crippen MR) is 74.4 cm³/mol. The van der Waals surface area contributed by atoms with Crippen molar-refractivity contribution in [1.29, 1.82) is 0 Å². The van der Waals surface area contributed by atoms with Crippen LogP contribution in [0.1, 0.15) is 45.4 Å². The van der Waals surface area contributed by atoms with E-state index < -0.39 is 0 Å². The molecule has 0 aromatic carbocycles. The van der Waals surface area contributed by atoms with Gasteiger partial charge in [-0.1, -0.05) is 19.1 Å². The molecular formula is C15H26N2O. The monoisotopic (exact) mass is 250 g/mol. The smallest absolute Gasteiger partial charge is 0.240 e. The summed E-state index contributed by atoms with van der Waals surface area (Å²) in [6, 6.07) is 0.442. The van der Waals surface area contributed by atoms with E-state index in [0.717, 1.165) is 32.2 Å². The van der Waals surface area contributed by atoms with Gasteiger partial charge < -0.3 is 10.2 Å². The van der Waals surface area contributed by atoms with Gasteiger partial charge in [-0.2, -0.15) is 0 Å². The van der Waals surface area contributed by atoms with Crippen LogP contribution in [-0.2, 0) is 4.79 Å². The van der Waals surface area contributed by atoms with Crippen molar-refractivity contribution in [2.75, 3.05) is 13.6 Å². The Bertz CT molecular complexity index is 314. The molecular weight excluding hydrogens is 224 g/mol. The van der Waals surface area contributed by atoms with Crippen molar-refractivity contribution in [3.8, 4) is 0 Å². The lowest BCUT2D eigenvalue weighted by molar-refractivity contribution is -0.136. The van der Waals surface area contributed by atoms with Crippen molar-refractivity contribution in [3.05, 3.63) is 12.2 Å². The van der Waals surface area contributed by atoms with Gasteiger partial charge in [0.15, 0.2) is 0 Å². The molecule has 3 heteroatoms. The van der Waals surface area contributed by atoms with E-state index >= 15 is 0 Å². The van der Waals surface area contributed by atoms with E-state index in [-0.39, 0.29) is 6.04 Å². The van der Waals surface area contributed by atoms with Gasteiger partial charge in [0.25, 0.3) is 0 Å². The zero-order valence-electron chi connectivity index (χ0n) is 11.7. The van der Waals surface area contributed by atoms with Crippen LogP contribution in [0.4, 0.5) is 0 Å². The summed E-state index contributed by atoms with van der Waals surface area (Å²) in [7, 11) is 1.91. The van der Waals surface area contributed by atoms with Gasteiger partial charge in [-0.3, -0.25) is 4.79 Å². The van der Waals surface area contributed by atoms with Crippen LogP contribution in [0.3, 0.4) is 0 Å². The number of rotatable bonds is 2. The summed E-state index contributed by atoms with van der Waals surface area (Å²) in [4.78, 5) is 14.8. The number of likely N-dealkylation sites (tertiary alicyclic amines) is 1. The molecule has 102 valence electrons. The van der Waals surface area contributed by atoms with Crippen LogP contribution in [0.15, 0.2) is 12.2 Å². The van der Waals surface area contributed by atoms with Gasteiger partial charge in [0.05, 0.1) is 6.04 Å². The first-order valence-electron chi connectivity index (χ1n) is 7.36. The fourth-order valence-electron chi connectivity index (χ4n) is 3.30. The molecule has 3 nitrogen and oxygen atoms in total. The lowest BCUT2D eigenvalue weighted by Crippen LogP contribution is -2.50. The molecule has 1 saturated heterocycles. The minimum Gasteiger partial charge on any atom is -0.338 e. The molecule has 3 atom stereocenters. The summed E-state index contributed by atoms with van der Waals surface area (Å²) in [5.74, 6) is 0.775. The zero-order chi connectivity index (χ0) is 13.0. The van der Waals surface area contributed by atoms with Gasteiger partial charge in [-0.25, -0.2) is 0 Å². The molecule has 0 aromatic rings. The Hall–Kier alpha value is -0.830. The molecule has 1 heterocycles. The third-order valence-electron chi connectivity index (χ3n) is 4.41. The summed E-state index contributed by atoms with van der Waals surface area (Å²) in [5, 5.41) is 3.22. The van der Waals surface area contributed by atoms with Gasteiger partial charge in [0.2, 0.25) is 5.91 Å². The van der Waals surface area contributed by atoms with Gasteiger partial charge >= 0.3 is 0 Å². The van der Waals surface area contributed by atoms with Crippen LogP contribution in [0.5, 0.6) is 0 Å². The topological polar surface area (TPSA) is 32.3 Å². The maximum absolute atomic E-state index is 12.6. The highest BCUT2D eigenvalue weighted by molar-refractivity contribution is 5.82. The number of nitrogens with zero attached hydrogens (tertiary/aromatic N) is 1. The molecule has 1 fully saturated rings. The van der Waals surface area contributed by atoms with Crippen molar-refractivity contribution >= 4 is 5.91 Å². The number of carbonyl (C=O) groups is 1. The van der Waals surface area contributed by atoms with Crippen LogP contribution < -0.4 is 5.32 Å². The first kappa shape index (κ1) is 13.6. The Morgan fingerprint density at radius 3 is 2.89 bits per heavy atom. The molecule has 1 N–H and O–H groups in total. The van der Waals surface area contributed by atoms with Crippen LogP contribution >= 0.6 is 0 Å². The number of allylic oxidation sites excluding steroid dienone is 1. The zero-order valence-corrected chi connectivity index (χ0v) is 11.7. The second-order valence-corrected chi connectivity index (χ2v) is 5.71. The highest BCUT2D eigenvalue weighted by Gasteiger charge is 2.33. The van der Waals surface area contributed by atoms with Crippen molar-refractivity contribution in [1.82, 2.24) is 10.2 Å². The average molecular weight is 250 g/mol. The van der Waals surface area contributed by atoms with Crippen LogP contribution in [0, 0.1) is 5.92 Å². The second kappa shape index (κ2) is 6.37. The lowest BCUT2D eigenvalue weighted by atomic mass is 9.97. The predicted octanol–water partition coefficient (Wildman–Crippen LogP) is 2.33. The highest BCUT2D eigenvalue weighted by atomic mass is 16.2. The van der Waals surface area contributed by atoms with E-state index in [1.54, 1.807) is 0 Å². The summed E-state index contributed by atoms with van der Waals surface area (Å²) in [6.45, 7) is 3.13. The molecule has 0 radical (unpaired) electrons. The number of hydrogen-bond acceptors (Lipinski definition) is 2. The normalized spacial score (nSPS) is 34.2. The fraction of sp³-hybridized carbons (Fsp3) is 0.800. The van der Waals surface area contributed by atoms with Gasteiger partial charge in [0.1, 0.15) is 0 Å². The van der Waals surface area contributed by atoms with Crippen LogP contribution in [0.25, 0.3) is 0 Å². The first-order chi connectivity index (χ1) is 8.74. The SMILES string of the molecule is CNC1C(=O)N(C2CC=CCCC2)CCCC1C. The van der Waals surface area contributed by atoms with Gasteiger partial charge in [0, 0.05) is 12.6 Å². The standard InChI is InChI=1S/C15H26N2O/c1-12-8-7-11-17(15(18)14(12)16-2)13-9-5-3-4-6-10-13/h3,5,12-14,16H,4,6-11H2,1-2H3. The maximum atomic E-state index is 12.6. The van der Waals surface area contributed by atoms with E-state index in [0.29, 0.717) is 17.9 Å². The van der Waals surface area contributed by atoms with Crippen molar-refractivity contribution in [3.63, 3.8) is 0 Å². The van der Waals surface area contributed by atoms with E-state index in [2.05, 4.69) is 29.3 Å². The molecule has 1 aliphatic heterocycles. The third kappa shape index (κ3) is 2.94. The molecule has 0 saturated carbocycles. The molecule has 0 aromatic heterocycles. The van der Waals surface area contributed by atoms with E-state index in [1.807, 2.05) is 7.05 Å². The Morgan fingerprint density at radius 2 is 2.11 bits per heavy atom. The fourth-order valence-corrected chi connectivity index (χ4v) is 3.30. The largest absolute Gasteiger partial charge is 0.338 e. The van der Waals surface area contributed by atoms with E-state index in [4.69, 9.17) is 0 Å². The molecule has 3 unspecified atom stereocenters. The number of likely N-dealkylation sites (N-methyl/N-ethyl adjacent to an activating group) is 1. The van der Waals surface area contributed by atoms with E-state index in [9.17, 15) is 4.79 Å². The lowest BCUT2D eigenvalue weighted by Gasteiger charge is -2.32. The Morgan fingerprint density at radius 1 is 1.28 bits per heavy atom. The first-order valence-corrected chi connectivity index (χ1v) is 7.36. The Balaban J connectivity index is 2.10. The van der Waals surface area contributed by atoms with Crippen molar-refractivity contribution in [2.24, 2.45) is 5.92 Å². The summed E-state index contributed by atoms with van der Waals surface area (Å²) in [6.07, 6.45) is 11.4. The van der Waals surface area contributed by atoms with Crippen LogP contribution in [-0.4, -0.2) is 36.5 Å². The molecule has 0 spiro atoms. The number of amides is 1. The second-order valence-electron chi connectivity index (χ2n) is 5.71. The van der Waals surface area contributed by atoms with Crippen molar-refractivity contribution in [2.45, 2.75) is 57.5 Å². The number of nitrogens with one attached hydrogen (secondary N) is 1. The van der Waals surface area contributed by atoms with Gasteiger partial charge in [-0.05, 0) is 51.5 Å². The number of carbonyl (C=O) groups excluding carboxylic acids is 1. The molecule has 2 aliphatic rings. The van der Waals surface area contributed by atoms with Gasteiger partial charge in [-0.15, -0.1) is 0 Å². The minimum absolute atomic E-state index is 0.0136. The Kier molecular flexibility index (Phi) is 4.81. The quantitative estimate of drug-likeness (QED) is 0.763. The molecule has 0 bridgehead atoms.